The molecule has 1 heterocycles. The van der Waals surface area contributed by atoms with Crippen molar-refractivity contribution in [3.05, 3.63) is 29.8 Å². The van der Waals surface area contributed by atoms with Gasteiger partial charge in [0.25, 0.3) is 0 Å². The van der Waals surface area contributed by atoms with Crippen molar-refractivity contribution in [2.45, 2.75) is 32.9 Å². The normalized spacial score (nSPS) is 19.5. The Balaban J connectivity index is 1.96. The van der Waals surface area contributed by atoms with E-state index >= 15 is 0 Å². The van der Waals surface area contributed by atoms with Crippen LogP contribution in [0.1, 0.15) is 32.4 Å². The standard InChI is InChI=1S/C16H25N3O2/c1-4-17-16(20)18-14-7-5-13(6-8-14)15-11-19(12(2)3)9-10-21-15/h5-8,12,15H,4,9-11H2,1-3H3,(H2,17,18,20). The number of carbonyl (C=O) groups is 1. The SMILES string of the molecule is CCNC(=O)Nc1ccc(C2CN(C(C)C)CCO2)cc1. The molecule has 5 nitrogen and oxygen atoms in total. The first-order valence-electron chi connectivity index (χ1n) is 7.60. The highest BCUT2D eigenvalue weighted by Gasteiger charge is 2.23. The zero-order chi connectivity index (χ0) is 15.2. The van der Waals surface area contributed by atoms with E-state index in [1.165, 1.54) is 0 Å². The highest BCUT2D eigenvalue weighted by molar-refractivity contribution is 5.89. The van der Waals surface area contributed by atoms with Gasteiger partial charge in [0.2, 0.25) is 0 Å². The van der Waals surface area contributed by atoms with Gasteiger partial charge >= 0.3 is 6.03 Å². The Hall–Kier alpha value is -1.59. The maximum absolute atomic E-state index is 11.5. The molecule has 1 saturated heterocycles. The van der Waals surface area contributed by atoms with Crippen LogP contribution in [0.5, 0.6) is 0 Å². The van der Waals surface area contributed by atoms with Crippen LogP contribution in [0.3, 0.4) is 0 Å². The lowest BCUT2D eigenvalue weighted by atomic mass is 10.1. The van der Waals surface area contributed by atoms with E-state index in [1.54, 1.807) is 0 Å². The maximum atomic E-state index is 11.5. The number of benzene rings is 1. The van der Waals surface area contributed by atoms with Crippen molar-refractivity contribution in [2.24, 2.45) is 0 Å². The van der Waals surface area contributed by atoms with Gasteiger partial charge in [0.05, 0.1) is 12.7 Å². The van der Waals surface area contributed by atoms with Crippen LogP contribution in [0.15, 0.2) is 24.3 Å². The Labute approximate surface area is 126 Å². The van der Waals surface area contributed by atoms with Crippen molar-refractivity contribution in [3.63, 3.8) is 0 Å². The summed E-state index contributed by atoms with van der Waals surface area (Å²) >= 11 is 0. The minimum Gasteiger partial charge on any atom is -0.371 e. The number of nitrogens with one attached hydrogen (secondary N) is 2. The molecule has 0 bridgehead atoms. The molecule has 21 heavy (non-hydrogen) atoms. The molecule has 116 valence electrons. The third kappa shape index (κ3) is 4.44. The van der Waals surface area contributed by atoms with Gasteiger partial charge < -0.3 is 15.4 Å². The lowest BCUT2D eigenvalue weighted by Crippen LogP contribution is -2.42. The summed E-state index contributed by atoms with van der Waals surface area (Å²) in [6, 6.07) is 8.25. The maximum Gasteiger partial charge on any atom is 0.319 e. The zero-order valence-electron chi connectivity index (χ0n) is 13.1. The summed E-state index contributed by atoms with van der Waals surface area (Å²) < 4.78 is 5.86. The summed E-state index contributed by atoms with van der Waals surface area (Å²) in [4.78, 5) is 13.9. The second-order valence-corrected chi connectivity index (χ2v) is 5.55. The molecule has 1 atom stereocenters. The Bertz CT molecular complexity index is 459. The fourth-order valence-electron chi connectivity index (χ4n) is 2.46. The fourth-order valence-corrected chi connectivity index (χ4v) is 2.46. The summed E-state index contributed by atoms with van der Waals surface area (Å²) in [6.45, 7) is 9.60. The van der Waals surface area contributed by atoms with Crippen molar-refractivity contribution in [1.29, 1.82) is 0 Å². The fraction of sp³-hybridized carbons (Fsp3) is 0.562. The van der Waals surface area contributed by atoms with E-state index in [-0.39, 0.29) is 12.1 Å². The van der Waals surface area contributed by atoms with Gasteiger partial charge in [-0.2, -0.15) is 0 Å². The first-order chi connectivity index (χ1) is 10.1. The molecule has 1 aliphatic heterocycles. The highest BCUT2D eigenvalue weighted by Crippen LogP contribution is 2.24. The molecule has 2 rings (SSSR count). The number of carbonyl (C=O) groups excluding carboxylic acids is 1. The quantitative estimate of drug-likeness (QED) is 0.896. The molecule has 5 heteroatoms. The van der Waals surface area contributed by atoms with E-state index < -0.39 is 0 Å². The first kappa shape index (κ1) is 15.8. The van der Waals surface area contributed by atoms with E-state index in [2.05, 4.69) is 29.4 Å². The number of hydrogen-bond acceptors (Lipinski definition) is 3. The van der Waals surface area contributed by atoms with Gasteiger partial charge in [-0.15, -0.1) is 0 Å². The van der Waals surface area contributed by atoms with Crippen molar-refractivity contribution in [2.75, 3.05) is 31.6 Å². The number of nitrogens with zero attached hydrogens (tertiary/aromatic N) is 1. The molecule has 0 aliphatic carbocycles. The average molecular weight is 291 g/mol. The van der Waals surface area contributed by atoms with Crippen LogP contribution >= 0.6 is 0 Å². The molecular formula is C16H25N3O2. The van der Waals surface area contributed by atoms with Gasteiger partial charge in [0.15, 0.2) is 0 Å². The number of amides is 2. The van der Waals surface area contributed by atoms with E-state index in [4.69, 9.17) is 4.74 Å². The largest absolute Gasteiger partial charge is 0.371 e. The van der Waals surface area contributed by atoms with Crippen molar-refractivity contribution in [3.8, 4) is 0 Å². The third-order valence-corrected chi connectivity index (χ3v) is 3.71. The molecule has 1 unspecified atom stereocenters. The molecular weight excluding hydrogens is 266 g/mol. The van der Waals surface area contributed by atoms with Gasteiger partial charge in [0.1, 0.15) is 0 Å². The smallest absolute Gasteiger partial charge is 0.319 e. The summed E-state index contributed by atoms with van der Waals surface area (Å²) in [7, 11) is 0. The number of rotatable bonds is 4. The van der Waals surface area contributed by atoms with E-state index in [0.717, 1.165) is 30.9 Å². The topological polar surface area (TPSA) is 53.6 Å². The van der Waals surface area contributed by atoms with Crippen LogP contribution in [0, 0.1) is 0 Å². The summed E-state index contributed by atoms with van der Waals surface area (Å²) in [5, 5.41) is 5.51. The van der Waals surface area contributed by atoms with Gasteiger partial charge in [-0.05, 0) is 38.5 Å². The second-order valence-electron chi connectivity index (χ2n) is 5.55. The van der Waals surface area contributed by atoms with Crippen LogP contribution in [0.2, 0.25) is 0 Å². The van der Waals surface area contributed by atoms with E-state index in [1.807, 2.05) is 31.2 Å². The summed E-state index contributed by atoms with van der Waals surface area (Å²) in [6.07, 6.45) is 0.111. The Morgan fingerprint density at radius 3 is 2.71 bits per heavy atom. The van der Waals surface area contributed by atoms with Crippen molar-refractivity contribution >= 4 is 11.7 Å². The predicted octanol–water partition coefficient (Wildman–Crippen LogP) is 2.61. The lowest BCUT2D eigenvalue weighted by Gasteiger charge is -2.35. The van der Waals surface area contributed by atoms with Crippen LogP contribution in [0.25, 0.3) is 0 Å². The Morgan fingerprint density at radius 1 is 1.38 bits per heavy atom. The molecule has 0 spiro atoms. The van der Waals surface area contributed by atoms with Gasteiger partial charge in [0, 0.05) is 31.4 Å². The van der Waals surface area contributed by atoms with Gasteiger partial charge in [-0.3, -0.25) is 4.90 Å². The second kappa shape index (κ2) is 7.43. The summed E-state index contributed by atoms with van der Waals surface area (Å²) in [5.41, 5.74) is 1.95. The molecule has 1 aromatic rings. The van der Waals surface area contributed by atoms with E-state index in [0.29, 0.717) is 12.6 Å². The van der Waals surface area contributed by atoms with Crippen molar-refractivity contribution in [1.82, 2.24) is 10.2 Å². The Kier molecular flexibility index (Phi) is 5.59. The van der Waals surface area contributed by atoms with Gasteiger partial charge in [-0.25, -0.2) is 4.79 Å². The number of morpholine rings is 1. The Morgan fingerprint density at radius 2 is 2.10 bits per heavy atom. The molecule has 0 saturated carbocycles. The first-order valence-corrected chi connectivity index (χ1v) is 7.60. The molecule has 1 aliphatic rings. The van der Waals surface area contributed by atoms with Gasteiger partial charge in [-0.1, -0.05) is 12.1 Å². The zero-order valence-corrected chi connectivity index (χ0v) is 13.1. The summed E-state index contributed by atoms with van der Waals surface area (Å²) in [5.74, 6) is 0. The third-order valence-electron chi connectivity index (χ3n) is 3.71. The number of hydrogen-bond donors (Lipinski definition) is 2. The number of ether oxygens (including phenoxy) is 1. The molecule has 0 radical (unpaired) electrons. The minimum atomic E-state index is -0.176. The molecule has 1 aromatic carbocycles. The molecule has 2 amide bonds. The van der Waals surface area contributed by atoms with E-state index in [9.17, 15) is 4.79 Å². The lowest BCUT2D eigenvalue weighted by molar-refractivity contribution is -0.0401. The molecule has 1 fully saturated rings. The average Bonchev–Trinajstić information content (AvgIpc) is 2.48. The number of urea groups is 1. The molecule has 2 N–H and O–H groups in total. The van der Waals surface area contributed by atoms with Crippen LogP contribution in [-0.4, -0.2) is 43.2 Å². The van der Waals surface area contributed by atoms with Crippen LogP contribution in [-0.2, 0) is 4.74 Å². The molecule has 0 aromatic heterocycles. The minimum absolute atomic E-state index is 0.111. The van der Waals surface area contributed by atoms with Crippen molar-refractivity contribution < 1.29 is 9.53 Å². The van der Waals surface area contributed by atoms with Crippen LogP contribution in [0.4, 0.5) is 10.5 Å². The monoisotopic (exact) mass is 291 g/mol. The number of anilines is 1. The highest BCUT2D eigenvalue weighted by atomic mass is 16.5. The predicted molar refractivity (Wildman–Crippen MR) is 84.5 cm³/mol. The van der Waals surface area contributed by atoms with Crippen LogP contribution < -0.4 is 10.6 Å².